The molecule has 0 bridgehead atoms. The SMILES string of the molecule is CN(Cc1cccc(F)c1)C(=O)CSc1nnnn1-c1cccc(Cl)c1. The highest BCUT2D eigenvalue weighted by atomic mass is 35.5. The molecular formula is C17H15ClFN5OS. The molecule has 0 unspecified atom stereocenters. The van der Waals surface area contributed by atoms with Crippen molar-refractivity contribution in [3.05, 3.63) is 64.9 Å². The third-order valence-electron chi connectivity index (χ3n) is 3.55. The molecule has 134 valence electrons. The van der Waals surface area contributed by atoms with E-state index in [1.807, 2.05) is 6.07 Å². The first-order valence-corrected chi connectivity index (χ1v) is 9.05. The highest BCUT2D eigenvalue weighted by Crippen LogP contribution is 2.21. The van der Waals surface area contributed by atoms with Crippen LogP contribution in [0.25, 0.3) is 5.69 Å². The van der Waals surface area contributed by atoms with E-state index in [0.717, 1.165) is 5.56 Å². The number of carbonyl (C=O) groups is 1. The molecule has 0 atom stereocenters. The molecule has 0 N–H and O–H groups in total. The number of amides is 1. The molecule has 0 aliphatic rings. The van der Waals surface area contributed by atoms with Crippen LogP contribution in [0.15, 0.2) is 53.7 Å². The zero-order valence-corrected chi connectivity index (χ0v) is 15.4. The lowest BCUT2D eigenvalue weighted by atomic mass is 10.2. The van der Waals surface area contributed by atoms with Crippen LogP contribution in [0.2, 0.25) is 5.02 Å². The van der Waals surface area contributed by atoms with E-state index in [0.29, 0.717) is 22.4 Å². The number of hydrogen-bond donors (Lipinski definition) is 0. The second-order valence-corrected chi connectivity index (χ2v) is 6.90. The van der Waals surface area contributed by atoms with Gasteiger partial charge in [-0.3, -0.25) is 4.79 Å². The van der Waals surface area contributed by atoms with Crippen LogP contribution in [0.1, 0.15) is 5.56 Å². The molecule has 26 heavy (non-hydrogen) atoms. The molecule has 3 rings (SSSR count). The Bertz CT molecular complexity index is 919. The first-order chi connectivity index (χ1) is 12.5. The Morgan fingerprint density at radius 1 is 1.27 bits per heavy atom. The molecule has 6 nitrogen and oxygen atoms in total. The van der Waals surface area contributed by atoms with Gasteiger partial charge in [-0.05, 0) is 46.3 Å². The average Bonchev–Trinajstić information content (AvgIpc) is 3.08. The van der Waals surface area contributed by atoms with Crippen LogP contribution in [0.3, 0.4) is 0 Å². The Morgan fingerprint density at radius 3 is 2.85 bits per heavy atom. The number of benzene rings is 2. The van der Waals surface area contributed by atoms with Crippen LogP contribution in [-0.2, 0) is 11.3 Å². The van der Waals surface area contributed by atoms with Gasteiger partial charge in [0.05, 0.1) is 11.4 Å². The van der Waals surface area contributed by atoms with Gasteiger partial charge >= 0.3 is 0 Å². The largest absolute Gasteiger partial charge is 0.341 e. The summed E-state index contributed by atoms with van der Waals surface area (Å²) in [5.41, 5.74) is 1.44. The van der Waals surface area contributed by atoms with Crippen molar-refractivity contribution in [3.8, 4) is 5.69 Å². The van der Waals surface area contributed by atoms with E-state index in [9.17, 15) is 9.18 Å². The molecule has 0 saturated heterocycles. The summed E-state index contributed by atoms with van der Waals surface area (Å²) in [6, 6.07) is 13.3. The number of halogens is 2. The molecule has 0 saturated carbocycles. The summed E-state index contributed by atoms with van der Waals surface area (Å²) in [5, 5.41) is 12.6. The Balaban J connectivity index is 1.62. The number of rotatable bonds is 6. The van der Waals surface area contributed by atoms with Crippen molar-refractivity contribution >= 4 is 29.3 Å². The zero-order valence-electron chi connectivity index (χ0n) is 13.8. The van der Waals surface area contributed by atoms with Gasteiger partial charge in [0, 0.05) is 18.6 Å². The van der Waals surface area contributed by atoms with Crippen molar-refractivity contribution in [2.75, 3.05) is 12.8 Å². The fourth-order valence-electron chi connectivity index (χ4n) is 2.27. The fourth-order valence-corrected chi connectivity index (χ4v) is 3.29. The molecule has 0 aliphatic heterocycles. The molecule has 0 radical (unpaired) electrons. The summed E-state index contributed by atoms with van der Waals surface area (Å²) in [5.74, 6) is -0.273. The molecule has 1 amide bonds. The van der Waals surface area contributed by atoms with Crippen LogP contribution in [-0.4, -0.2) is 43.8 Å². The van der Waals surface area contributed by atoms with Crippen molar-refractivity contribution < 1.29 is 9.18 Å². The average molecular weight is 392 g/mol. The van der Waals surface area contributed by atoms with Crippen molar-refractivity contribution in [1.29, 1.82) is 0 Å². The zero-order chi connectivity index (χ0) is 18.5. The summed E-state index contributed by atoms with van der Waals surface area (Å²) in [7, 11) is 1.67. The Kier molecular flexibility index (Phi) is 5.85. The summed E-state index contributed by atoms with van der Waals surface area (Å²) >= 11 is 7.22. The molecule has 9 heteroatoms. The van der Waals surface area contributed by atoms with Gasteiger partial charge in [0.15, 0.2) is 0 Å². The van der Waals surface area contributed by atoms with E-state index >= 15 is 0 Å². The second kappa shape index (κ2) is 8.29. The molecule has 1 aromatic heterocycles. The standard InChI is InChI=1S/C17H15ClFN5OS/c1-23(10-12-4-2-6-14(19)8-12)16(25)11-26-17-20-21-22-24(17)15-7-3-5-13(18)9-15/h2-9H,10-11H2,1H3. The minimum absolute atomic E-state index is 0.111. The van der Waals surface area contributed by atoms with Gasteiger partial charge in [-0.1, -0.05) is 41.6 Å². The number of hydrogen-bond acceptors (Lipinski definition) is 5. The lowest BCUT2D eigenvalue weighted by Crippen LogP contribution is -2.28. The van der Waals surface area contributed by atoms with Crippen molar-refractivity contribution in [1.82, 2.24) is 25.1 Å². The Labute approximate surface area is 159 Å². The molecule has 2 aromatic carbocycles. The summed E-state index contributed by atoms with van der Waals surface area (Å²) < 4.78 is 14.8. The summed E-state index contributed by atoms with van der Waals surface area (Å²) in [6.07, 6.45) is 0. The van der Waals surface area contributed by atoms with Gasteiger partial charge in [-0.2, -0.15) is 4.68 Å². The number of nitrogens with zero attached hydrogens (tertiary/aromatic N) is 5. The summed E-state index contributed by atoms with van der Waals surface area (Å²) in [6.45, 7) is 0.330. The highest BCUT2D eigenvalue weighted by molar-refractivity contribution is 7.99. The summed E-state index contributed by atoms with van der Waals surface area (Å²) in [4.78, 5) is 13.9. The van der Waals surface area contributed by atoms with E-state index in [1.54, 1.807) is 37.4 Å². The number of aromatic nitrogens is 4. The van der Waals surface area contributed by atoms with Gasteiger partial charge in [-0.25, -0.2) is 4.39 Å². The quantitative estimate of drug-likeness (QED) is 0.604. The maximum absolute atomic E-state index is 13.2. The minimum Gasteiger partial charge on any atom is -0.341 e. The molecule has 3 aromatic rings. The van der Waals surface area contributed by atoms with Crippen LogP contribution in [0.5, 0.6) is 0 Å². The van der Waals surface area contributed by atoms with Gasteiger partial charge in [0.2, 0.25) is 11.1 Å². The molecule has 0 spiro atoms. The predicted octanol–water partition coefficient (Wildman–Crippen LogP) is 3.21. The van der Waals surface area contributed by atoms with Crippen molar-refractivity contribution in [2.24, 2.45) is 0 Å². The monoisotopic (exact) mass is 391 g/mol. The lowest BCUT2D eigenvalue weighted by Gasteiger charge is -2.17. The van der Waals surface area contributed by atoms with Crippen molar-refractivity contribution in [3.63, 3.8) is 0 Å². The first-order valence-electron chi connectivity index (χ1n) is 7.68. The molecule has 0 fully saturated rings. The van der Waals surface area contributed by atoms with Crippen molar-refractivity contribution in [2.45, 2.75) is 11.7 Å². The van der Waals surface area contributed by atoms with E-state index in [2.05, 4.69) is 15.5 Å². The van der Waals surface area contributed by atoms with Crippen LogP contribution >= 0.6 is 23.4 Å². The number of thioether (sulfide) groups is 1. The van der Waals surface area contributed by atoms with E-state index in [-0.39, 0.29) is 17.5 Å². The fraction of sp³-hybridized carbons (Fsp3) is 0.176. The molecular weight excluding hydrogens is 377 g/mol. The minimum atomic E-state index is -0.321. The van der Waals surface area contributed by atoms with E-state index in [4.69, 9.17) is 11.6 Å². The van der Waals surface area contributed by atoms with E-state index < -0.39 is 0 Å². The van der Waals surface area contributed by atoms with Gasteiger partial charge in [-0.15, -0.1) is 5.10 Å². The smallest absolute Gasteiger partial charge is 0.233 e. The van der Waals surface area contributed by atoms with Crippen LogP contribution in [0, 0.1) is 5.82 Å². The topological polar surface area (TPSA) is 63.9 Å². The highest BCUT2D eigenvalue weighted by Gasteiger charge is 2.15. The lowest BCUT2D eigenvalue weighted by molar-refractivity contribution is -0.127. The predicted molar refractivity (Wildman–Crippen MR) is 97.8 cm³/mol. The number of carbonyl (C=O) groups excluding carboxylic acids is 1. The first kappa shape index (κ1) is 18.3. The van der Waals surface area contributed by atoms with Crippen LogP contribution < -0.4 is 0 Å². The maximum Gasteiger partial charge on any atom is 0.233 e. The molecule has 1 heterocycles. The maximum atomic E-state index is 13.2. The van der Waals surface area contributed by atoms with Crippen LogP contribution in [0.4, 0.5) is 4.39 Å². The molecule has 0 aliphatic carbocycles. The van der Waals surface area contributed by atoms with Gasteiger partial charge in [0.25, 0.3) is 0 Å². The Morgan fingerprint density at radius 2 is 2.08 bits per heavy atom. The second-order valence-electron chi connectivity index (χ2n) is 5.52. The van der Waals surface area contributed by atoms with Gasteiger partial charge in [0.1, 0.15) is 5.82 Å². The Hall–Kier alpha value is -2.45. The van der Waals surface area contributed by atoms with E-state index in [1.165, 1.54) is 33.5 Å². The normalized spacial score (nSPS) is 10.7. The third-order valence-corrected chi connectivity index (χ3v) is 4.69. The van der Waals surface area contributed by atoms with Gasteiger partial charge < -0.3 is 4.90 Å². The third kappa shape index (κ3) is 4.59. The number of tetrazole rings is 1.